The van der Waals surface area contributed by atoms with Crippen molar-refractivity contribution in [3.8, 4) is 11.8 Å². The van der Waals surface area contributed by atoms with E-state index < -0.39 is 50.1 Å². The molecule has 33 heavy (non-hydrogen) atoms. The van der Waals surface area contributed by atoms with Gasteiger partial charge in [-0.15, -0.1) is 5.92 Å². The Kier molecular flexibility index (Phi) is 7.45. The number of alkyl halides is 6. The third-order valence-corrected chi connectivity index (χ3v) is 7.44. The summed E-state index contributed by atoms with van der Waals surface area (Å²) in [6, 6.07) is 8.41. The largest absolute Gasteiger partial charge is 0.416 e. The Labute approximate surface area is 190 Å². The molecule has 1 aliphatic rings. The van der Waals surface area contributed by atoms with Crippen LogP contribution in [0.5, 0.6) is 0 Å². The highest BCUT2D eigenvalue weighted by molar-refractivity contribution is 7.47. The number of nitrogens with zero attached hydrogens (tertiary/aromatic N) is 2. The molecule has 0 amide bonds. The molecule has 0 aromatic heterocycles. The van der Waals surface area contributed by atoms with Gasteiger partial charge in [-0.2, -0.15) is 26.3 Å². The molecule has 1 aliphatic heterocycles. The zero-order valence-electron chi connectivity index (χ0n) is 18.4. The first-order valence-corrected chi connectivity index (χ1v) is 11.2. The second kappa shape index (κ2) is 9.63. The molecule has 0 radical (unpaired) electrons. The van der Waals surface area contributed by atoms with E-state index in [9.17, 15) is 26.3 Å². The van der Waals surface area contributed by atoms with E-state index in [4.69, 9.17) is 4.52 Å². The van der Waals surface area contributed by atoms with Crippen LogP contribution in [0.15, 0.2) is 48.5 Å². The van der Waals surface area contributed by atoms with Crippen LogP contribution in [0, 0.1) is 11.8 Å². The summed E-state index contributed by atoms with van der Waals surface area (Å²) >= 11 is 0. The van der Waals surface area contributed by atoms with Crippen LogP contribution in [0.3, 0.4) is 0 Å². The molecule has 3 nitrogen and oxygen atoms in total. The second-order valence-electron chi connectivity index (χ2n) is 7.68. The molecule has 1 saturated heterocycles. The molecular weight excluding hydrogens is 465 g/mol. The molecule has 0 spiro atoms. The topological polar surface area (TPSA) is 15.7 Å². The van der Waals surface area contributed by atoms with Gasteiger partial charge in [0.15, 0.2) is 8.45 Å². The molecular formula is C23H23F6N2OP. The Bertz CT molecular complexity index is 976. The number of likely N-dealkylation sites (N-methyl/N-ethyl adjacent to an activating group) is 2. The minimum atomic E-state index is -4.54. The van der Waals surface area contributed by atoms with Gasteiger partial charge < -0.3 is 4.52 Å². The third-order valence-electron chi connectivity index (χ3n) is 5.35. The lowest BCUT2D eigenvalue weighted by Gasteiger charge is -2.27. The van der Waals surface area contributed by atoms with Crippen molar-refractivity contribution in [1.29, 1.82) is 0 Å². The van der Waals surface area contributed by atoms with Crippen LogP contribution in [0.4, 0.5) is 26.3 Å². The zero-order valence-corrected chi connectivity index (χ0v) is 19.3. The molecule has 1 heterocycles. The van der Waals surface area contributed by atoms with Gasteiger partial charge in [-0.3, -0.25) is 0 Å². The van der Waals surface area contributed by atoms with Gasteiger partial charge in [0.05, 0.1) is 23.2 Å². The predicted molar refractivity (Wildman–Crippen MR) is 115 cm³/mol. The fourth-order valence-electron chi connectivity index (χ4n) is 3.96. The van der Waals surface area contributed by atoms with E-state index in [0.29, 0.717) is 11.1 Å². The normalized spacial score (nSPS) is 21.6. The van der Waals surface area contributed by atoms with Gasteiger partial charge in [-0.05, 0) is 63.3 Å². The average Bonchev–Trinajstić information content (AvgIpc) is 2.97. The number of halogens is 6. The minimum Gasteiger partial charge on any atom is -0.315 e. The zero-order chi connectivity index (χ0) is 24.6. The maximum Gasteiger partial charge on any atom is 0.416 e. The predicted octanol–water partition coefficient (Wildman–Crippen LogP) is 7.04. The fraction of sp³-hybridized carbons (Fsp3) is 0.391. The molecule has 1 fully saturated rings. The molecule has 0 aliphatic carbocycles. The van der Waals surface area contributed by atoms with Crippen LogP contribution >= 0.6 is 8.45 Å². The maximum atomic E-state index is 13.4. The molecule has 3 rings (SSSR count). The van der Waals surface area contributed by atoms with Crippen molar-refractivity contribution in [2.45, 2.75) is 44.4 Å². The van der Waals surface area contributed by atoms with Gasteiger partial charge in [-0.1, -0.05) is 30.2 Å². The maximum absolute atomic E-state index is 13.4. The highest BCUT2D eigenvalue weighted by atomic mass is 31.2. The van der Waals surface area contributed by atoms with Gasteiger partial charge in [0.2, 0.25) is 0 Å². The molecule has 178 valence electrons. The first-order chi connectivity index (χ1) is 15.3. The molecule has 0 saturated carbocycles. The molecule has 10 heteroatoms. The summed E-state index contributed by atoms with van der Waals surface area (Å²) in [4.78, 5) is 0. The monoisotopic (exact) mass is 488 g/mol. The summed E-state index contributed by atoms with van der Waals surface area (Å²) in [6.45, 7) is 3.41. The lowest BCUT2D eigenvalue weighted by molar-refractivity contribution is -0.138. The number of benzene rings is 2. The molecule has 1 unspecified atom stereocenters. The average molecular weight is 488 g/mol. The van der Waals surface area contributed by atoms with Crippen LogP contribution < -0.4 is 0 Å². The van der Waals surface area contributed by atoms with E-state index in [-0.39, 0.29) is 0 Å². The van der Waals surface area contributed by atoms with Gasteiger partial charge in [-0.25, -0.2) is 9.34 Å². The summed E-state index contributed by atoms with van der Waals surface area (Å²) in [6.07, 6.45) is -9.55. The molecule has 2 aromatic rings. The molecule has 0 bridgehead atoms. The van der Waals surface area contributed by atoms with Crippen molar-refractivity contribution >= 4 is 8.45 Å². The van der Waals surface area contributed by atoms with E-state index in [1.807, 2.05) is 0 Å². The van der Waals surface area contributed by atoms with Crippen molar-refractivity contribution in [3.63, 3.8) is 0 Å². The Hall–Kier alpha value is -2.11. The van der Waals surface area contributed by atoms with E-state index in [0.717, 1.165) is 24.3 Å². The van der Waals surface area contributed by atoms with Crippen LogP contribution in [0.25, 0.3) is 0 Å². The number of hydrogen-bond donors (Lipinski definition) is 0. The lowest BCUT2D eigenvalue weighted by atomic mass is 9.91. The van der Waals surface area contributed by atoms with Gasteiger partial charge >= 0.3 is 12.4 Å². The van der Waals surface area contributed by atoms with Gasteiger partial charge in [0, 0.05) is 0 Å². The Morgan fingerprint density at radius 1 is 0.848 bits per heavy atom. The first kappa shape index (κ1) is 25.5. The Balaban J connectivity index is 2.12. The standard InChI is InChI=1S/C23H23F6N2OP/c1-5-8-15(2)32-33-30(3)20(16-9-6-11-18(13-16)22(24,25)26)21(31(33)4)17-10-7-12-19(14-17)23(27,28)29/h6-7,9-15,20-21H,1-4H3/t15?,20-,21-/m0/s1. The minimum absolute atomic E-state index is 0.337. The molecule has 0 N–H and O–H groups in total. The highest BCUT2D eigenvalue weighted by Crippen LogP contribution is 2.63. The number of rotatable bonds is 4. The van der Waals surface area contributed by atoms with Gasteiger partial charge in [0.1, 0.15) is 6.10 Å². The van der Waals surface area contributed by atoms with Crippen molar-refractivity contribution in [2.24, 2.45) is 0 Å². The van der Waals surface area contributed by atoms with Gasteiger partial charge in [0.25, 0.3) is 0 Å². The fourth-order valence-corrected chi connectivity index (χ4v) is 5.98. The van der Waals surface area contributed by atoms with Crippen LogP contribution in [0.2, 0.25) is 0 Å². The van der Waals surface area contributed by atoms with Crippen molar-refractivity contribution in [1.82, 2.24) is 9.34 Å². The Morgan fingerprint density at radius 2 is 1.27 bits per heavy atom. The smallest absolute Gasteiger partial charge is 0.315 e. The van der Waals surface area contributed by atoms with E-state index >= 15 is 0 Å². The van der Waals surface area contributed by atoms with Crippen molar-refractivity contribution in [2.75, 3.05) is 14.1 Å². The first-order valence-electron chi connectivity index (χ1n) is 10.0. The summed E-state index contributed by atoms with van der Waals surface area (Å²) in [5.74, 6) is 5.63. The second-order valence-corrected chi connectivity index (χ2v) is 9.66. The Morgan fingerprint density at radius 3 is 1.64 bits per heavy atom. The van der Waals surface area contributed by atoms with E-state index in [1.165, 1.54) is 12.1 Å². The van der Waals surface area contributed by atoms with Crippen LogP contribution in [-0.4, -0.2) is 29.5 Å². The third kappa shape index (κ3) is 5.52. The summed E-state index contributed by atoms with van der Waals surface area (Å²) in [5.41, 5.74) is -0.962. The lowest BCUT2D eigenvalue weighted by Crippen LogP contribution is -2.22. The summed E-state index contributed by atoms with van der Waals surface area (Å²) in [7, 11) is 1.88. The SMILES string of the molecule is CC#CC(C)OP1N(C)[C@@H](c2cccc(C(F)(F)F)c2)[C@H](c2cccc(C(F)(F)F)c2)N1C. The summed E-state index contributed by atoms with van der Waals surface area (Å²) < 4.78 is 89.9. The van der Waals surface area contributed by atoms with Crippen molar-refractivity contribution in [3.05, 3.63) is 70.8 Å². The molecule has 2 aromatic carbocycles. The number of hydrogen-bond acceptors (Lipinski definition) is 3. The van der Waals surface area contributed by atoms with Crippen LogP contribution in [0.1, 0.15) is 48.2 Å². The van der Waals surface area contributed by atoms with Crippen LogP contribution in [-0.2, 0) is 16.9 Å². The van der Waals surface area contributed by atoms with E-state index in [2.05, 4.69) is 11.8 Å². The quantitative estimate of drug-likeness (QED) is 0.261. The van der Waals surface area contributed by atoms with Crippen molar-refractivity contribution < 1.29 is 30.9 Å². The highest BCUT2D eigenvalue weighted by Gasteiger charge is 2.48. The molecule has 3 atom stereocenters. The summed E-state index contributed by atoms with van der Waals surface area (Å²) in [5, 5.41) is 0. The van der Waals surface area contributed by atoms with E-state index in [1.54, 1.807) is 49.4 Å².